The van der Waals surface area contributed by atoms with E-state index in [1.807, 2.05) is 20.8 Å². The molecule has 2 amide bonds. The van der Waals surface area contributed by atoms with Crippen molar-refractivity contribution in [2.24, 2.45) is 0 Å². The molecule has 2 N–H and O–H groups in total. The Morgan fingerprint density at radius 2 is 1.69 bits per heavy atom. The van der Waals surface area contributed by atoms with E-state index in [4.69, 9.17) is 18.7 Å². The SMILES string of the molecule is COc1cc2ncnc(Oc3cc(NC(=O)Nc4cc(C(C)(C)C)on4)ccc3F)c2cc1OC.Cl. The summed E-state index contributed by atoms with van der Waals surface area (Å²) in [7, 11) is 3.01. The predicted octanol–water partition coefficient (Wildman–Crippen LogP) is 5.93. The minimum absolute atomic E-state index is 0. The third-order valence-corrected chi connectivity index (χ3v) is 4.99. The largest absolute Gasteiger partial charge is 0.493 e. The summed E-state index contributed by atoms with van der Waals surface area (Å²) in [6.45, 7) is 5.89. The van der Waals surface area contributed by atoms with Crippen molar-refractivity contribution >= 4 is 40.8 Å². The molecule has 2 heterocycles. The van der Waals surface area contributed by atoms with Crippen LogP contribution in [-0.2, 0) is 5.41 Å². The first-order valence-electron chi connectivity index (χ1n) is 10.6. The van der Waals surface area contributed by atoms with E-state index in [1.165, 1.54) is 38.7 Å². The Hall–Kier alpha value is -4.12. The molecule has 2 aromatic heterocycles. The molecule has 0 unspecified atom stereocenters. The van der Waals surface area contributed by atoms with Crippen molar-refractivity contribution in [2.75, 3.05) is 24.9 Å². The first-order chi connectivity index (χ1) is 16.7. The monoisotopic (exact) mass is 517 g/mol. The van der Waals surface area contributed by atoms with Crippen LogP contribution in [0.15, 0.2) is 47.2 Å². The maximum absolute atomic E-state index is 14.6. The lowest BCUT2D eigenvalue weighted by atomic mass is 9.93. The van der Waals surface area contributed by atoms with E-state index in [0.29, 0.717) is 28.2 Å². The summed E-state index contributed by atoms with van der Waals surface area (Å²) in [4.78, 5) is 20.7. The summed E-state index contributed by atoms with van der Waals surface area (Å²) < 4.78 is 36.2. The third-order valence-electron chi connectivity index (χ3n) is 4.99. The van der Waals surface area contributed by atoms with Gasteiger partial charge in [-0.1, -0.05) is 25.9 Å². The first-order valence-corrected chi connectivity index (χ1v) is 10.6. The van der Waals surface area contributed by atoms with Gasteiger partial charge in [0.2, 0.25) is 5.88 Å². The van der Waals surface area contributed by atoms with Crippen molar-refractivity contribution in [2.45, 2.75) is 26.2 Å². The fraction of sp³-hybridized carbons (Fsp3) is 0.250. The van der Waals surface area contributed by atoms with Gasteiger partial charge in [-0.05, 0) is 18.2 Å². The number of rotatable bonds is 6. The van der Waals surface area contributed by atoms with Crippen LogP contribution in [0.3, 0.4) is 0 Å². The second kappa shape index (κ2) is 10.6. The molecule has 0 aliphatic heterocycles. The Balaban J connectivity index is 0.00000361. The Kier molecular flexibility index (Phi) is 7.83. The van der Waals surface area contributed by atoms with Crippen LogP contribution in [0.1, 0.15) is 26.5 Å². The second-order valence-electron chi connectivity index (χ2n) is 8.56. The van der Waals surface area contributed by atoms with Gasteiger partial charge in [0.1, 0.15) is 12.1 Å². The van der Waals surface area contributed by atoms with Gasteiger partial charge < -0.3 is 24.1 Å². The molecule has 190 valence electrons. The number of fused-ring (bicyclic) bond motifs is 1. The maximum atomic E-state index is 14.6. The van der Waals surface area contributed by atoms with Gasteiger partial charge in [0.25, 0.3) is 0 Å². The van der Waals surface area contributed by atoms with E-state index in [2.05, 4.69) is 25.8 Å². The molecule has 0 aliphatic rings. The molecule has 4 aromatic rings. The van der Waals surface area contributed by atoms with E-state index in [-0.39, 0.29) is 41.0 Å². The van der Waals surface area contributed by atoms with E-state index >= 15 is 0 Å². The Bertz CT molecular complexity index is 1390. The highest BCUT2D eigenvalue weighted by Gasteiger charge is 2.20. The number of halogens is 2. The van der Waals surface area contributed by atoms with Crippen LogP contribution < -0.4 is 24.8 Å². The summed E-state index contributed by atoms with van der Waals surface area (Å²) in [5.41, 5.74) is 0.549. The van der Waals surface area contributed by atoms with Gasteiger partial charge >= 0.3 is 6.03 Å². The number of carbonyl (C=O) groups is 1. The summed E-state index contributed by atoms with van der Waals surface area (Å²) in [5, 5.41) is 9.52. The highest BCUT2D eigenvalue weighted by Crippen LogP contribution is 2.36. The lowest BCUT2D eigenvalue weighted by Gasteiger charge is -2.13. The molecule has 0 atom stereocenters. The van der Waals surface area contributed by atoms with Crippen LogP contribution in [0, 0.1) is 5.82 Å². The van der Waals surface area contributed by atoms with Gasteiger partial charge in [0.15, 0.2) is 28.9 Å². The summed E-state index contributed by atoms with van der Waals surface area (Å²) >= 11 is 0. The number of hydrogen-bond acceptors (Lipinski definition) is 8. The number of anilines is 2. The number of amides is 2. The molecule has 4 rings (SSSR count). The number of carbonyl (C=O) groups excluding carboxylic acids is 1. The molecule has 0 saturated carbocycles. The quantitative estimate of drug-likeness (QED) is 0.323. The highest BCUT2D eigenvalue weighted by atomic mass is 35.5. The molecular weight excluding hydrogens is 493 g/mol. The first kappa shape index (κ1) is 26.5. The highest BCUT2D eigenvalue weighted by molar-refractivity contribution is 5.99. The number of ether oxygens (including phenoxy) is 3. The molecule has 0 aliphatic carbocycles. The lowest BCUT2D eigenvalue weighted by Crippen LogP contribution is -2.19. The molecule has 0 bridgehead atoms. The molecule has 0 saturated heterocycles. The minimum Gasteiger partial charge on any atom is -0.493 e. The van der Waals surface area contributed by atoms with Crippen LogP contribution in [0.25, 0.3) is 10.9 Å². The second-order valence-corrected chi connectivity index (χ2v) is 8.56. The number of urea groups is 1. The number of aromatic nitrogens is 3. The van der Waals surface area contributed by atoms with E-state index < -0.39 is 11.8 Å². The summed E-state index contributed by atoms with van der Waals surface area (Å²) in [5.74, 6) is 1.11. The molecular formula is C24H25ClFN5O5. The number of nitrogens with one attached hydrogen (secondary N) is 2. The van der Waals surface area contributed by atoms with E-state index in [9.17, 15) is 9.18 Å². The van der Waals surface area contributed by atoms with Crippen molar-refractivity contribution in [3.05, 3.63) is 54.3 Å². The van der Waals surface area contributed by atoms with Crippen molar-refractivity contribution < 1.29 is 27.9 Å². The Labute approximate surface area is 212 Å². The van der Waals surface area contributed by atoms with Gasteiger partial charge in [-0.2, -0.15) is 0 Å². The number of benzene rings is 2. The molecule has 12 heteroatoms. The van der Waals surface area contributed by atoms with Gasteiger partial charge in [-0.25, -0.2) is 19.2 Å². The van der Waals surface area contributed by atoms with Crippen molar-refractivity contribution in [1.29, 1.82) is 0 Å². The van der Waals surface area contributed by atoms with Crippen LogP contribution >= 0.6 is 12.4 Å². The lowest BCUT2D eigenvalue weighted by molar-refractivity contribution is 0.262. The van der Waals surface area contributed by atoms with Gasteiger partial charge in [-0.15, -0.1) is 12.4 Å². The van der Waals surface area contributed by atoms with Crippen LogP contribution in [0.5, 0.6) is 23.1 Å². The van der Waals surface area contributed by atoms with E-state index in [1.54, 1.807) is 18.2 Å². The normalized spacial score (nSPS) is 10.9. The van der Waals surface area contributed by atoms with Crippen molar-refractivity contribution in [3.8, 4) is 23.1 Å². The molecule has 10 nitrogen and oxygen atoms in total. The third kappa shape index (κ3) is 5.74. The number of nitrogens with zero attached hydrogens (tertiary/aromatic N) is 3. The van der Waals surface area contributed by atoms with Crippen LogP contribution in [-0.4, -0.2) is 35.4 Å². The predicted molar refractivity (Wildman–Crippen MR) is 134 cm³/mol. The topological polar surface area (TPSA) is 121 Å². The summed E-state index contributed by atoms with van der Waals surface area (Å²) in [6, 6.07) is 8.27. The standard InChI is InChI=1S/C24H24FN5O5.ClH/c1-24(2,3)20-11-21(30-35-20)29-23(31)28-13-6-7-15(25)17(8-13)34-22-14-9-18(32-4)19(33-5)10-16(14)26-12-27-22;/h6-12H,1-5H3,(H2,28,29,30,31);1H. The average Bonchev–Trinajstić information content (AvgIpc) is 3.29. The van der Waals surface area contributed by atoms with Crippen LogP contribution in [0.2, 0.25) is 0 Å². The zero-order valence-corrected chi connectivity index (χ0v) is 21.0. The zero-order valence-electron chi connectivity index (χ0n) is 20.2. The maximum Gasteiger partial charge on any atom is 0.324 e. The van der Waals surface area contributed by atoms with Crippen LogP contribution in [0.4, 0.5) is 20.7 Å². The minimum atomic E-state index is -0.644. The number of methoxy groups -OCH3 is 2. The Morgan fingerprint density at radius 3 is 2.36 bits per heavy atom. The van der Waals surface area contributed by atoms with E-state index in [0.717, 1.165) is 0 Å². The van der Waals surface area contributed by atoms with Gasteiger partial charge in [0.05, 0.1) is 25.1 Å². The molecule has 2 aromatic carbocycles. The molecule has 0 spiro atoms. The van der Waals surface area contributed by atoms with Crippen molar-refractivity contribution in [3.63, 3.8) is 0 Å². The number of hydrogen-bond donors (Lipinski definition) is 2. The van der Waals surface area contributed by atoms with Gasteiger partial charge in [-0.3, -0.25) is 5.32 Å². The zero-order chi connectivity index (χ0) is 25.2. The molecule has 0 fully saturated rings. The van der Waals surface area contributed by atoms with Crippen molar-refractivity contribution in [1.82, 2.24) is 15.1 Å². The molecule has 36 heavy (non-hydrogen) atoms. The molecule has 0 radical (unpaired) electrons. The fourth-order valence-electron chi connectivity index (χ4n) is 3.17. The fourth-order valence-corrected chi connectivity index (χ4v) is 3.17. The Morgan fingerprint density at radius 1 is 0.972 bits per heavy atom. The van der Waals surface area contributed by atoms with Gasteiger partial charge in [0, 0.05) is 29.3 Å². The summed E-state index contributed by atoms with van der Waals surface area (Å²) in [6.07, 6.45) is 1.29. The smallest absolute Gasteiger partial charge is 0.324 e. The average molecular weight is 518 g/mol.